The van der Waals surface area contributed by atoms with Gasteiger partial charge in [0.15, 0.2) is 5.01 Å². The van der Waals surface area contributed by atoms with Crippen LogP contribution in [0.5, 0.6) is 5.75 Å². The molecule has 2 heterocycles. The second-order valence-electron chi connectivity index (χ2n) is 5.10. The monoisotopic (exact) mass is 367 g/mol. The summed E-state index contributed by atoms with van der Waals surface area (Å²) in [6.07, 6.45) is 0. The Balaban J connectivity index is 1.35. The topological polar surface area (TPSA) is 72.8 Å². The second kappa shape index (κ2) is 7.37. The Bertz CT molecular complexity index is 923. The van der Waals surface area contributed by atoms with Gasteiger partial charge in [-0.15, -0.1) is 15.3 Å². The maximum atomic E-state index is 5.77. The normalized spacial score (nSPS) is 10.6. The molecule has 0 fully saturated rings. The third-order valence-corrected chi connectivity index (χ3v) is 4.68. The number of hydrogen-bond donors (Lipinski definition) is 1. The van der Waals surface area contributed by atoms with Crippen LogP contribution in [0.3, 0.4) is 0 Å². The lowest BCUT2D eigenvalue weighted by Gasteiger charge is -2.04. The Hall–Kier alpha value is -2.84. The molecule has 0 unspecified atom stereocenters. The summed E-state index contributed by atoms with van der Waals surface area (Å²) in [6, 6.07) is 17.6. The standard InChI is InChI=1S/C17H13N5OS2/c1-2-4-13(5-3-1)18-17-21-20-16(25-17)10-23-14-8-6-12(7-9-14)15-11-24-22-19-15/h1-9,11H,10H2,(H,18,21). The smallest absolute Gasteiger partial charge is 0.210 e. The summed E-state index contributed by atoms with van der Waals surface area (Å²) in [6.45, 7) is 0.381. The summed E-state index contributed by atoms with van der Waals surface area (Å²) in [5, 5.41) is 19.0. The highest BCUT2D eigenvalue weighted by Crippen LogP contribution is 2.24. The molecule has 0 amide bonds. The average Bonchev–Trinajstić information content (AvgIpc) is 3.33. The quantitative estimate of drug-likeness (QED) is 0.545. The number of para-hydroxylation sites is 1. The fourth-order valence-electron chi connectivity index (χ4n) is 2.16. The molecule has 6 nitrogen and oxygen atoms in total. The number of anilines is 2. The van der Waals surface area contributed by atoms with Crippen LogP contribution in [0.15, 0.2) is 60.0 Å². The van der Waals surface area contributed by atoms with Crippen LogP contribution in [-0.4, -0.2) is 19.8 Å². The van der Waals surface area contributed by atoms with Crippen molar-refractivity contribution in [2.45, 2.75) is 6.61 Å². The lowest BCUT2D eigenvalue weighted by Crippen LogP contribution is -1.94. The van der Waals surface area contributed by atoms with E-state index in [9.17, 15) is 0 Å². The molecule has 4 rings (SSSR count). The minimum Gasteiger partial charge on any atom is -0.486 e. The number of benzene rings is 2. The van der Waals surface area contributed by atoms with E-state index < -0.39 is 0 Å². The van der Waals surface area contributed by atoms with Gasteiger partial charge in [-0.3, -0.25) is 0 Å². The summed E-state index contributed by atoms with van der Waals surface area (Å²) in [7, 11) is 0. The van der Waals surface area contributed by atoms with Crippen LogP contribution in [0.2, 0.25) is 0 Å². The Morgan fingerprint density at radius 1 is 0.920 bits per heavy atom. The Morgan fingerprint density at radius 3 is 2.52 bits per heavy atom. The van der Waals surface area contributed by atoms with Gasteiger partial charge in [0.25, 0.3) is 0 Å². The van der Waals surface area contributed by atoms with Crippen molar-refractivity contribution in [3.63, 3.8) is 0 Å². The van der Waals surface area contributed by atoms with Crippen molar-refractivity contribution in [3.8, 4) is 17.0 Å². The van der Waals surface area contributed by atoms with E-state index >= 15 is 0 Å². The fraction of sp³-hybridized carbons (Fsp3) is 0.0588. The van der Waals surface area contributed by atoms with Crippen molar-refractivity contribution < 1.29 is 4.74 Å². The van der Waals surface area contributed by atoms with E-state index in [1.54, 1.807) is 0 Å². The predicted molar refractivity (Wildman–Crippen MR) is 99.3 cm³/mol. The minimum atomic E-state index is 0.381. The molecule has 4 aromatic rings. The Labute approximate surface area is 152 Å². The molecule has 0 saturated heterocycles. The largest absolute Gasteiger partial charge is 0.486 e. The highest BCUT2D eigenvalue weighted by atomic mass is 32.1. The van der Waals surface area contributed by atoms with Crippen molar-refractivity contribution in [1.29, 1.82) is 0 Å². The summed E-state index contributed by atoms with van der Waals surface area (Å²) < 4.78 is 9.64. The molecule has 0 atom stereocenters. The summed E-state index contributed by atoms with van der Waals surface area (Å²) >= 11 is 2.81. The molecule has 124 valence electrons. The summed E-state index contributed by atoms with van der Waals surface area (Å²) in [5.74, 6) is 0.778. The fourth-order valence-corrected chi connectivity index (χ4v) is 3.30. The SMILES string of the molecule is c1ccc(Nc2nnc(COc3ccc(-c4csnn4)cc3)s2)cc1. The van der Waals surface area contributed by atoms with E-state index in [-0.39, 0.29) is 0 Å². The van der Waals surface area contributed by atoms with Crippen LogP contribution in [0.25, 0.3) is 11.3 Å². The molecule has 0 aliphatic heterocycles. The van der Waals surface area contributed by atoms with Gasteiger partial charge < -0.3 is 10.1 Å². The highest BCUT2D eigenvalue weighted by molar-refractivity contribution is 7.15. The van der Waals surface area contributed by atoms with E-state index in [2.05, 4.69) is 25.1 Å². The lowest BCUT2D eigenvalue weighted by atomic mass is 10.2. The minimum absolute atomic E-state index is 0.381. The molecular weight excluding hydrogens is 354 g/mol. The molecule has 0 aliphatic rings. The van der Waals surface area contributed by atoms with Gasteiger partial charge in [-0.25, -0.2) is 0 Å². The molecule has 2 aromatic carbocycles. The van der Waals surface area contributed by atoms with E-state index in [4.69, 9.17) is 4.74 Å². The zero-order valence-electron chi connectivity index (χ0n) is 13.0. The first-order valence-corrected chi connectivity index (χ1v) is 9.17. The van der Waals surface area contributed by atoms with E-state index in [1.807, 2.05) is 60.0 Å². The summed E-state index contributed by atoms with van der Waals surface area (Å²) in [4.78, 5) is 0. The van der Waals surface area contributed by atoms with Crippen LogP contribution in [0, 0.1) is 0 Å². The first-order chi connectivity index (χ1) is 12.4. The van der Waals surface area contributed by atoms with Gasteiger partial charge in [0, 0.05) is 16.6 Å². The van der Waals surface area contributed by atoms with Crippen molar-refractivity contribution in [2.24, 2.45) is 0 Å². The van der Waals surface area contributed by atoms with Gasteiger partial charge in [-0.05, 0) is 47.9 Å². The molecule has 0 aliphatic carbocycles. The molecule has 0 spiro atoms. The first kappa shape index (κ1) is 15.7. The van der Waals surface area contributed by atoms with E-state index in [0.29, 0.717) is 6.61 Å². The predicted octanol–water partition coefficient (Wildman–Crippen LogP) is 4.38. The first-order valence-electron chi connectivity index (χ1n) is 7.51. The molecule has 0 radical (unpaired) electrons. The number of aromatic nitrogens is 4. The number of ether oxygens (including phenoxy) is 1. The maximum absolute atomic E-state index is 5.77. The van der Waals surface area contributed by atoms with Crippen LogP contribution < -0.4 is 10.1 Å². The van der Waals surface area contributed by atoms with Crippen LogP contribution in [0.1, 0.15) is 5.01 Å². The van der Waals surface area contributed by atoms with Crippen molar-refractivity contribution >= 4 is 33.7 Å². The van der Waals surface area contributed by atoms with E-state index in [0.717, 1.165) is 32.8 Å². The molecule has 2 aromatic heterocycles. The number of nitrogens with one attached hydrogen (secondary N) is 1. The van der Waals surface area contributed by atoms with Crippen LogP contribution >= 0.6 is 22.9 Å². The molecule has 8 heteroatoms. The lowest BCUT2D eigenvalue weighted by molar-refractivity contribution is 0.304. The molecule has 0 bridgehead atoms. The van der Waals surface area contributed by atoms with Gasteiger partial charge >= 0.3 is 0 Å². The molecular formula is C17H13N5OS2. The van der Waals surface area contributed by atoms with Crippen molar-refractivity contribution in [2.75, 3.05) is 5.32 Å². The van der Waals surface area contributed by atoms with Crippen LogP contribution in [-0.2, 0) is 6.61 Å². The van der Waals surface area contributed by atoms with Gasteiger partial charge in [0.05, 0.1) is 0 Å². The zero-order chi connectivity index (χ0) is 16.9. The highest BCUT2D eigenvalue weighted by Gasteiger charge is 2.06. The zero-order valence-corrected chi connectivity index (χ0v) is 14.6. The van der Waals surface area contributed by atoms with Crippen molar-refractivity contribution in [3.05, 3.63) is 65.0 Å². The second-order valence-corrected chi connectivity index (χ2v) is 6.77. The Kier molecular flexibility index (Phi) is 4.62. The third-order valence-electron chi connectivity index (χ3n) is 3.36. The Morgan fingerprint density at radius 2 is 1.76 bits per heavy atom. The van der Waals surface area contributed by atoms with Gasteiger partial charge in [-0.1, -0.05) is 34.0 Å². The molecule has 0 saturated carbocycles. The molecule has 25 heavy (non-hydrogen) atoms. The molecule has 1 N–H and O–H groups in total. The van der Waals surface area contributed by atoms with Gasteiger partial charge in [-0.2, -0.15) is 0 Å². The third kappa shape index (κ3) is 3.98. The maximum Gasteiger partial charge on any atom is 0.210 e. The number of rotatable bonds is 6. The summed E-state index contributed by atoms with van der Waals surface area (Å²) in [5.41, 5.74) is 2.88. The number of hydrogen-bond acceptors (Lipinski definition) is 8. The average molecular weight is 367 g/mol. The van der Waals surface area contributed by atoms with Crippen molar-refractivity contribution in [1.82, 2.24) is 19.8 Å². The number of nitrogens with zero attached hydrogens (tertiary/aromatic N) is 4. The van der Waals surface area contributed by atoms with E-state index in [1.165, 1.54) is 22.9 Å². The van der Waals surface area contributed by atoms with Gasteiger partial charge in [0.1, 0.15) is 18.1 Å². The van der Waals surface area contributed by atoms with Gasteiger partial charge in [0.2, 0.25) is 5.13 Å². The van der Waals surface area contributed by atoms with Crippen LogP contribution in [0.4, 0.5) is 10.8 Å².